The smallest absolute Gasteiger partial charge is 0.161 e. The first-order valence-electron chi connectivity index (χ1n) is 11.7. The molecule has 2 aromatic carbocycles. The predicted octanol–water partition coefficient (Wildman–Crippen LogP) is 7.73. The monoisotopic (exact) mass is 462 g/mol. The summed E-state index contributed by atoms with van der Waals surface area (Å²) >= 11 is 0. The van der Waals surface area contributed by atoms with Gasteiger partial charge in [0.05, 0.1) is 7.11 Å². The van der Waals surface area contributed by atoms with Gasteiger partial charge in [-0.15, -0.1) is 0 Å². The Morgan fingerprint density at radius 3 is 1.91 bits per heavy atom. The van der Waals surface area contributed by atoms with Gasteiger partial charge in [-0.25, -0.2) is 0 Å². The van der Waals surface area contributed by atoms with Gasteiger partial charge in [0.1, 0.15) is 11.5 Å². The average Bonchev–Trinajstić information content (AvgIpc) is 2.76. The Morgan fingerprint density at radius 2 is 1.35 bits per heavy atom. The summed E-state index contributed by atoms with van der Waals surface area (Å²) in [5.41, 5.74) is 6.54. The van der Waals surface area contributed by atoms with Gasteiger partial charge in [-0.05, 0) is 95.7 Å². The van der Waals surface area contributed by atoms with E-state index in [1.807, 2.05) is 38.1 Å². The first kappa shape index (κ1) is 26.8. The van der Waals surface area contributed by atoms with Crippen LogP contribution < -0.4 is 4.74 Å². The van der Waals surface area contributed by atoms with Gasteiger partial charge in [0, 0.05) is 11.1 Å². The summed E-state index contributed by atoms with van der Waals surface area (Å²) in [6.45, 7) is 10.3. The molecule has 0 aliphatic carbocycles. The van der Waals surface area contributed by atoms with Crippen LogP contribution in [0.2, 0.25) is 0 Å². The van der Waals surface area contributed by atoms with Crippen molar-refractivity contribution in [2.24, 2.45) is 0 Å². The van der Waals surface area contributed by atoms with Crippen LogP contribution in [-0.2, 0) is 12.8 Å². The molecule has 0 aromatic heterocycles. The van der Waals surface area contributed by atoms with Gasteiger partial charge in [0.25, 0.3) is 0 Å². The molecule has 0 heterocycles. The van der Waals surface area contributed by atoms with Gasteiger partial charge in [0.2, 0.25) is 0 Å². The highest BCUT2D eigenvalue weighted by molar-refractivity contribution is 5.73. The summed E-state index contributed by atoms with van der Waals surface area (Å²) < 4.78 is 5.38. The highest BCUT2D eigenvalue weighted by Gasteiger charge is 2.10. The summed E-state index contributed by atoms with van der Waals surface area (Å²) in [7, 11) is 1.54. The highest BCUT2D eigenvalue weighted by Crippen LogP contribution is 2.34. The number of methoxy groups -OCH3 is 1. The molecule has 2 rings (SSSR count). The van der Waals surface area contributed by atoms with Crippen molar-refractivity contribution in [1.82, 2.24) is 0 Å². The van der Waals surface area contributed by atoms with E-state index in [9.17, 15) is 15.3 Å². The lowest BCUT2D eigenvalue weighted by molar-refractivity contribution is 0.371. The van der Waals surface area contributed by atoms with Crippen LogP contribution in [-0.4, -0.2) is 22.4 Å². The first-order valence-corrected chi connectivity index (χ1v) is 11.7. The molecule has 4 heteroatoms. The van der Waals surface area contributed by atoms with E-state index in [4.69, 9.17) is 4.74 Å². The molecule has 0 atom stereocenters. The molecule has 2 aromatic rings. The molecule has 0 bridgehead atoms. The van der Waals surface area contributed by atoms with E-state index in [2.05, 4.69) is 32.9 Å². The second-order valence-corrected chi connectivity index (χ2v) is 9.16. The van der Waals surface area contributed by atoms with Crippen LogP contribution in [0.4, 0.5) is 0 Å². The lowest BCUT2D eigenvalue weighted by Gasteiger charge is -2.10. The maximum absolute atomic E-state index is 10.6. The van der Waals surface area contributed by atoms with E-state index < -0.39 is 0 Å². The molecule has 0 aliphatic rings. The standard InChI is InChI=1S/C30H38O4/c1-20(2)8-7-9-22(5)11-14-25-16-23(19-29(34-6)30(25)33)12-13-24-17-27(31)26(28(32)18-24)15-10-21(3)4/h8,10-13,16-19,31-33H,7,9,14-15H2,1-6H3. The van der Waals surface area contributed by atoms with Gasteiger partial charge < -0.3 is 20.1 Å². The molecule has 0 saturated heterocycles. The molecular formula is C30H38O4. The maximum Gasteiger partial charge on any atom is 0.161 e. The summed E-state index contributed by atoms with van der Waals surface area (Å²) in [6.07, 6.45) is 13.1. The molecular weight excluding hydrogens is 424 g/mol. The summed E-state index contributed by atoms with van der Waals surface area (Å²) in [6, 6.07) is 6.98. The first-order chi connectivity index (χ1) is 16.1. The van der Waals surface area contributed by atoms with E-state index in [-0.39, 0.29) is 17.2 Å². The lowest BCUT2D eigenvalue weighted by atomic mass is 10.0. The number of allylic oxidation sites excluding steroid dienone is 6. The predicted molar refractivity (Wildman–Crippen MR) is 143 cm³/mol. The van der Waals surface area contributed by atoms with Crippen LogP contribution in [0.5, 0.6) is 23.0 Å². The molecule has 0 unspecified atom stereocenters. The number of rotatable bonds is 10. The van der Waals surface area contributed by atoms with Crippen LogP contribution in [0.15, 0.2) is 59.2 Å². The van der Waals surface area contributed by atoms with Gasteiger partial charge in [-0.1, -0.05) is 47.1 Å². The minimum absolute atomic E-state index is 0.0647. The van der Waals surface area contributed by atoms with Crippen molar-refractivity contribution in [1.29, 1.82) is 0 Å². The van der Waals surface area contributed by atoms with Crippen LogP contribution in [0, 0.1) is 0 Å². The van der Waals surface area contributed by atoms with E-state index in [0.29, 0.717) is 29.7 Å². The van der Waals surface area contributed by atoms with E-state index in [0.717, 1.165) is 29.5 Å². The van der Waals surface area contributed by atoms with Gasteiger partial charge in [0.15, 0.2) is 11.5 Å². The molecule has 4 nitrogen and oxygen atoms in total. The third-order valence-corrected chi connectivity index (χ3v) is 5.57. The molecule has 0 spiro atoms. The molecule has 0 saturated carbocycles. The Labute approximate surface area is 204 Å². The third-order valence-electron chi connectivity index (χ3n) is 5.57. The van der Waals surface area contributed by atoms with Crippen molar-refractivity contribution in [3.8, 4) is 23.0 Å². The summed E-state index contributed by atoms with van der Waals surface area (Å²) in [5.74, 6) is 0.687. The van der Waals surface area contributed by atoms with Crippen molar-refractivity contribution >= 4 is 12.2 Å². The second kappa shape index (κ2) is 12.7. The number of benzene rings is 2. The zero-order chi connectivity index (χ0) is 25.3. The molecule has 182 valence electrons. The van der Waals surface area contributed by atoms with E-state index >= 15 is 0 Å². The molecule has 0 radical (unpaired) electrons. The highest BCUT2D eigenvalue weighted by atomic mass is 16.5. The van der Waals surface area contributed by atoms with Crippen LogP contribution in [0.3, 0.4) is 0 Å². The average molecular weight is 463 g/mol. The van der Waals surface area contributed by atoms with Crippen molar-refractivity contribution < 1.29 is 20.1 Å². The maximum atomic E-state index is 10.6. The number of phenols is 3. The van der Waals surface area contributed by atoms with Crippen LogP contribution >= 0.6 is 0 Å². The Bertz CT molecular complexity index is 1090. The Balaban J connectivity index is 2.26. The van der Waals surface area contributed by atoms with Crippen LogP contribution in [0.25, 0.3) is 12.2 Å². The number of ether oxygens (including phenoxy) is 1. The molecule has 0 aliphatic heterocycles. The van der Waals surface area contributed by atoms with Crippen molar-refractivity contribution in [3.05, 3.63) is 81.5 Å². The quantitative estimate of drug-likeness (QED) is 0.250. The Morgan fingerprint density at radius 1 is 0.765 bits per heavy atom. The zero-order valence-corrected chi connectivity index (χ0v) is 21.3. The minimum Gasteiger partial charge on any atom is -0.507 e. The fraction of sp³-hybridized carbons (Fsp3) is 0.333. The fourth-order valence-electron chi connectivity index (χ4n) is 3.54. The SMILES string of the molecule is COc1cc(C=Cc2cc(O)c(CC=C(C)C)c(O)c2)cc(CC=C(C)CCC=C(C)C)c1O. The number of phenolic OH excluding ortho intramolecular Hbond substituents is 3. The molecule has 0 fully saturated rings. The largest absolute Gasteiger partial charge is 0.507 e. The minimum atomic E-state index is 0.0647. The second-order valence-electron chi connectivity index (χ2n) is 9.16. The summed E-state index contributed by atoms with van der Waals surface area (Å²) in [5, 5.41) is 31.3. The number of hydrogen-bond acceptors (Lipinski definition) is 4. The normalized spacial score (nSPS) is 11.5. The Hall–Kier alpha value is -3.40. The van der Waals surface area contributed by atoms with E-state index in [1.54, 1.807) is 18.2 Å². The summed E-state index contributed by atoms with van der Waals surface area (Å²) in [4.78, 5) is 0. The molecule has 0 amide bonds. The molecule has 34 heavy (non-hydrogen) atoms. The van der Waals surface area contributed by atoms with E-state index in [1.165, 1.54) is 18.3 Å². The van der Waals surface area contributed by atoms with Crippen molar-refractivity contribution in [2.75, 3.05) is 7.11 Å². The van der Waals surface area contributed by atoms with Crippen molar-refractivity contribution in [3.63, 3.8) is 0 Å². The topological polar surface area (TPSA) is 69.9 Å². The zero-order valence-electron chi connectivity index (χ0n) is 21.3. The molecule has 3 N–H and O–H groups in total. The Kier molecular flexibility index (Phi) is 10.1. The number of hydrogen-bond donors (Lipinski definition) is 3. The number of aromatic hydroxyl groups is 3. The van der Waals surface area contributed by atoms with Crippen molar-refractivity contribution in [2.45, 2.75) is 60.3 Å². The van der Waals surface area contributed by atoms with Gasteiger partial charge in [-0.3, -0.25) is 0 Å². The van der Waals surface area contributed by atoms with Crippen LogP contribution in [0.1, 0.15) is 69.7 Å². The third kappa shape index (κ3) is 8.18. The van der Waals surface area contributed by atoms with Gasteiger partial charge >= 0.3 is 0 Å². The van der Waals surface area contributed by atoms with Gasteiger partial charge in [-0.2, -0.15) is 0 Å². The lowest BCUT2D eigenvalue weighted by Crippen LogP contribution is -1.92. The fourth-order valence-corrected chi connectivity index (χ4v) is 3.54.